The first kappa shape index (κ1) is 20.8. The van der Waals surface area contributed by atoms with Gasteiger partial charge in [-0.3, -0.25) is 12.9 Å². The number of rotatable bonds is 1. The molecule has 0 fully saturated rings. The molecule has 110 valence electrons. The number of aryl methyl sites for hydroxylation is 2. The predicted octanol–water partition coefficient (Wildman–Crippen LogP) is 0.886. The van der Waals surface area contributed by atoms with Crippen LogP contribution in [0.1, 0.15) is 11.1 Å². The lowest BCUT2D eigenvalue weighted by molar-refractivity contribution is -0.595. The second kappa shape index (κ2) is 10.3. The quantitative estimate of drug-likeness (QED) is 0.418. The van der Waals surface area contributed by atoms with Crippen LogP contribution in [0.2, 0.25) is 0 Å². The molecular formula is C13H15BClF4N. The summed E-state index contributed by atoms with van der Waals surface area (Å²) in [7, 11) is -3.67. The highest BCUT2D eigenvalue weighted by molar-refractivity contribution is 6.33. The van der Waals surface area contributed by atoms with Gasteiger partial charge in [-0.05, 0) is 25.0 Å². The van der Waals surface area contributed by atoms with Gasteiger partial charge in [-0.1, -0.05) is 12.1 Å². The molecule has 0 saturated heterocycles. The number of pyridine rings is 1. The maximum absolute atomic E-state index is 9.67. The Balaban J connectivity index is 0. The van der Waals surface area contributed by atoms with Crippen LogP contribution in [0.5, 0.6) is 0 Å². The fourth-order valence-corrected chi connectivity index (χ4v) is 1.67. The molecule has 1 nitrogen and oxygen atoms in total. The third-order valence-corrected chi connectivity index (χ3v) is 2.22. The summed E-state index contributed by atoms with van der Waals surface area (Å²) in [4.78, 5) is 0. The average molecular weight is 308 g/mol. The number of hydrogen-bond acceptors (Lipinski definition) is 0. The Kier molecular flexibility index (Phi) is 10.6. The van der Waals surface area contributed by atoms with E-state index in [1.54, 1.807) is 0 Å². The first-order valence-electron chi connectivity index (χ1n) is 5.46. The zero-order valence-corrected chi connectivity index (χ0v) is 11.9. The van der Waals surface area contributed by atoms with Gasteiger partial charge in [0.2, 0.25) is 5.69 Å². The highest BCUT2D eigenvalue weighted by atomic mass is 35.5. The van der Waals surface area contributed by atoms with Crippen LogP contribution in [-0.4, -0.2) is 7.54 Å². The maximum atomic E-state index is 9.67. The summed E-state index contributed by atoms with van der Waals surface area (Å²) in [5.74, 6) is 0. The van der Waals surface area contributed by atoms with Crippen LogP contribution in [-0.2, 0) is 0 Å². The van der Waals surface area contributed by atoms with E-state index in [4.69, 9.17) is 0 Å². The summed E-state index contributed by atoms with van der Waals surface area (Å²) >= 11 is 0. The van der Waals surface area contributed by atoms with E-state index in [1.807, 2.05) is 18.2 Å². The van der Waals surface area contributed by atoms with Gasteiger partial charge in [0.05, 0.1) is 0 Å². The number of nitrogens with zero attached hydrogens (tertiary/aromatic N) is 1. The second-order valence-electron chi connectivity index (χ2n) is 3.88. The van der Waals surface area contributed by atoms with Crippen LogP contribution in [0.15, 0.2) is 48.8 Å². The van der Waals surface area contributed by atoms with Gasteiger partial charge < -0.3 is 4.70 Å². The van der Waals surface area contributed by atoms with Crippen molar-refractivity contribution in [1.82, 2.24) is 0 Å². The number of benzene rings is 1. The van der Waals surface area contributed by atoms with Crippen LogP contribution in [0.4, 0.5) is 12.9 Å². The monoisotopic (exact) mass is 307 g/mol. The average Bonchev–Trinajstić information content (AvgIpc) is 2.28. The molecule has 0 unspecified atom stereocenters. The van der Waals surface area contributed by atoms with Crippen molar-refractivity contribution < 1.29 is 22.2 Å². The van der Waals surface area contributed by atoms with Crippen LogP contribution in [0.3, 0.4) is 0 Å². The normalized spacial score (nSPS) is 8.45. The van der Waals surface area contributed by atoms with Crippen molar-refractivity contribution in [2.45, 2.75) is 13.8 Å². The number of halogens is 5. The maximum Gasteiger partial charge on any atom is 0.762 e. The smallest absolute Gasteiger partial charge is 0.762 e. The van der Waals surface area contributed by atoms with Gasteiger partial charge >= 0.3 is 7.54 Å². The summed E-state index contributed by atoms with van der Waals surface area (Å²) in [6.07, 6.45) is 4.13. The molecule has 1 heterocycles. The van der Waals surface area contributed by atoms with Gasteiger partial charge in [-0.2, -0.15) is 4.57 Å². The molecule has 0 aliphatic rings. The van der Waals surface area contributed by atoms with E-state index in [0.29, 0.717) is 0 Å². The lowest BCUT2D eigenvalue weighted by atomic mass is 10.1. The summed E-state index contributed by atoms with van der Waals surface area (Å²) in [5.41, 5.74) is 3.83. The first-order valence-corrected chi connectivity index (χ1v) is 5.46. The van der Waals surface area contributed by atoms with Crippen LogP contribution < -0.4 is 9.27 Å². The zero-order valence-electron chi connectivity index (χ0n) is 11.1. The Morgan fingerprint density at radius 2 is 1.25 bits per heavy atom. The van der Waals surface area contributed by atoms with Crippen molar-refractivity contribution in [2.75, 3.05) is 0 Å². The highest BCUT2D eigenvalue weighted by Gasteiger charge is 2.06. The minimum absolute atomic E-state index is 0. The van der Waals surface area contributed by atoms with Gasteiger partial charge in [-0.25, -0.2) is 0 Å². The van der Waals surface area contributed by atoms with Crippen LogP contribution in [0.25, 0.3) is 5.69 Å². The third-order valence-electron chi connectivity index (χ3n) is 2.22. The van der Waals surface area contributed by atoms with Crippen molar-refractivity contribution in [2.24, 2.45) is 0 Å². The zero-order chi connectivity index (χ0) is 13.5. The molecule has 0 aliphatic carbocycles. The number of aromatic nitrogens is 1. The summed E-state index contributed by atoms with van der Waals surface area (Å²) in [5, 5.41) is 0. The molecule has 0 saturated carbocycles. The van der Waals surface area contributed by atoms with Gasteiger partial charge in [0.25, 0.3) is 0 Å². The Hall–Kier alpha value is -1.56. The molecular weight excluding hydrogens is 292 g/mol. The summed E-state index contributed by atoms with van der Waals surface area (Å²) in [6.45, 7) is 4.25. The highest BCUT2D eigenvalue weighted by Crippen LogP contribution is 2.07. The number of hydrogen-bond donors (Lipinski definition) is 0. The fourth-order valence-electron chi connectivity index (χ4n) is 1.67. The SMILES string of the molecule is Cc1cc(C)cc(-[n+]2ccccc2)c1.Cl.FB(F)F.[F-]. The first-order chi connectivity index (χ1) is 8.49. The molecule has 1 aromatic heterocycles. The van der Waals surface area contributed by atoms with Gasteiger partial charge in [0, 0.05) is 24.3 Å². The largest absolute Gasteiger partial charge is 1.00 e. The van der Waals surface area contributed by atoms with E-state index >= 15 is 0 Å². The van der Waals surface area contributed by atoms with E-state index in [-0.39, 0.29) is 17.1 Å². The van der Waals surface area contributed by atoms with Crippen molar-refractivity contribution >= 4 is 20.0 Å². The van der Waals surface area contributed by atoms with E-state index in [0.717, 1.165) is 0 Å². The molecule has 7 heteroatoms. The Morgan fingerprint density at radius 3 is 1.65 bits per heavy atom. The topological polar surface area (TPSA) is 3.88 Å². The van der Waals surface area contributed by atoms with E-state index < -0.39 is 7.54 Å². The molecule has 0 amide bonds. The summed E-state index contributed by atoms with van der Waals surface area (Å²) < 4.78 is 31.1. The van der Waals surface area contributed by atoms with Crippen molar-refractivity contribution in [3.63, 3.8) is 0 Å². The lowest BCUT2D eigenvalue weighted by Crippen LogP contribution is -3.00. The molecule has 1 aromatic carbocycles. The molecule has 0 N–H and O–H groups in total. The Bertz CT molecular complexity index is 474. The van der Waals surface area contributed by atoms with Gasteiger partial charge in [0.1, 0.15) is 0 Å². The van der Waals surface area contributed by atoms with Crippen LogP contribution >= 0.6 is 12.4 Å². The van der Waals surface area contributed by atoms with E-state index in [2.05, 4.69) is 49.0 Å². The van der Waals surface area contributed by atoms with Crippen molar-refractivity contribution in [1.29, 1.82) is 0 Å². The predicted molar refractivity (Wildman–Crippen MR) is 73.8 cm³/mol. The van der Waals surface area contributed by atoms with E-state index in [9.17, 15) is 12.9 Å². The fraction of sp³-hybridized carbons (Fsp3) is 0.154. The Morgan fingerprint density at radius 1 is 0.850 bits per heavy atom. The minimum atomic E-state index is -3.67. The molecule has 0 bridgehead atoms. The van der Waals surface area contributed by atoms with Crippen molar-refractivity contribution in [3.05, 3.63) is 59.9 Å². The molecule has 0 radical (unpaired) electrons. The van der Waals surface area contributed by atoms with Crippen molar-refractivity contribution in [3.8, 4) is 5.69 Å². The van der Waals surface area contributed by atoms with Gasteiger partial charge in [-0.15, -0.1) is 12.4 Å². The lowest BCUT2D eigenvalue weighted by Gasteiger charge is -1.99. The third kappa shape index (κ3) is 7.79. The molecule has 20 heavy (non-hydrogen) atoms. The van der Waals surface area contributed by atoms with Crippen LogP contribution in [0, 0.1) is 13.8 Å². The molecule has 2 rings (SSSR count). The molecule has 0 spiro atoms. The standard InChI is InChI=1S/C13H14N.BF3.ClH.FH/c1-11-8-12(2)10-13(9-11)14-6-4-3-5-7-14;2-1(3)4;;/h3-10H,1-2H3;;2*1H/q+1;;;/p-1. The second-order valence-corrected chi connectivity index (χ2v) is 3.88. The van der Waals surface area contributed by atoms with Gasteiger partial charge in [0.15, 0.2) is 12.4 Å². The molecule has 0 aliphatic heterocycles. The van der Waals surface area contributed by atoms with E-state index in [1.165, 1.54) is 16.8 Å². The minimum Gasteiger partial charge on any atom is -1.00 e. The Labute approximate surface area is 122 Å². The molecule has 2 aromatic rings. The summed E-state index contributed by atoms with van der Waals surface area (Å²) in [6, 6.07) is 12.7. The molecule has 0 atom stereocenters.